The molecule has 2 rings (SSSR count). The van der Waals surface area contributed by atoms with Crippen molar-refractivity contribution in [2.75, 3.05) is 12.4 Å². The highest BCUT2D eigenvalue weighted by Crippen LogP contribution is 2.21. The number of nitrogens with one attached hydrogen (secondary N) is 1. The fourth-order valence-electron chi connectivity index (χ4n) is 2.38. The maximum Gasteiger partial charge on any atom is 0.306 e. The zero-order valence-electron chi connectivity index (χ0n) is 15.0. The summed E-state index contributed by atoms with van der Waals surface area (Å²) in [6, 6.07) is 13.9. The van der Waals surface area contributed by atoms with Crippen molar-refractivity contribution in [3.05, 3.63) is 58.6 Å². The fourth-order valence-corrected chi connectivity index (χ4v) is 2.61. The van der Waals surface area contributed by atoms with Crippen LogP contribution in [0.15, 0.2) is 42.5 Å². The molecule has 2 aromatic rings. The molecular weight excluding hydrogens is 368 g/mol. The van der Waals surface area contributed by atoms with E-state index in [-0.39, 0.29) is 11.4 Å². The molecule has 0 bridgehead atoms. The smallest absolute Gasteiger partial charge is 0.306 e. The number of amides is 1. The molecule has 0 unspecified atom stereocenters. The third-order valence-corrected chi connectivity index (χ3v) is 4.14. The quantitative estimate of drug-likeness (QED) is 0.732. The number of hydrogen-bond acceptors (Lipinski definition) is 5. The lowest BCUT2D eigenvalue weighted by molar-refractivity contribution is -0.153. The van der Waals surface area contributed by atoms with Gasteiger partial charge >= 0.3 is 5.97 Å². The van der Waals surface area contributed by atoms with Gasteiger partial charge in [0.05, 0.1) is 17.7 Å². The van der Waals surface area contributed by atoms with Gasteiger partial charge in [-0.15, -0.1) is 0 Å². The SMILES string of the molecule is COc1ccccc1CCC(=O)O[C@H](C)C(=O)Nc1ccc(C#N)c(Cl)c1. The average molecular weight is 387 g/mol. The molecule has 2 aromatic carbocycles. The van der Waals surface area contributed by atoms with Crippen LogP contribution < -0.4 is 10.1 Å². The molecule has 27 heavy (non-hydrogen) atoms. The summed E-state index contributed by atoms with van der Waals surface area (Å²) in [7, 11) is 1.57. The summed E-state index contributed by atoms with van der Waals surface area (Å²) >= 11 is 5.93. The predicted octanol–water partition coefficient (Wildman–Crippen LogP) is 3.72. The normalized spacial score (nSPS) is 11.2. The van der Waals surface area contributed by atoms with Crippen LogP contribution in [0.2, 0.25) is 5.02 Å². The van der Waals surface area contributed by atoms with Crippen molar-refractivity contribution in [1.82, 2.24) is 0 Å². The molecule has 7 heteroatoms. The number of hydrogen-bond donors (Lipinski definition) is 1. The molecule has 1 atom stereocenters. The first-order valence-corrected chi connectivity index (χ1v) is 8.64. The zero-order valence-corrected chi connectivity index (χ0v) is 15.7. The summed E-state index contributed by atoms with van der Waals surface area (Å²) in [6.45, 7) is 1.49. The van der Waals surface area contributed by atoms with Crippen LogP contribution in [0.3, 0.4) is 0 Å². The minimum atomic E-state index is -0.968. The van der Waals surface area contributed by atoms with Crippen LogP contribution in [0.5, 0.6) is 5.75 Å². The van der Waals surface area contributed by atoms with E-state index in [2.05, 4.69) is 5.32 Å². The molecule has 0 fully saturated rings. The lowest BCUT2D eigenvalue weighted by Crippen LogP contribution is -2.30. The van der Waals surface area contributed by atoms with Gasteiger partial charge in [-0.3, -0.25) is 9.59 Å². The van der Waals surface area contributed by atoms with Crippen molar-refractivity contribution in [2.24, 2.45) is 0 Å². The Labute approximate surface area is 162 Å². The maximum absolute atomic E-state index is 12.2. The number of esters is 1. The fraction of sp³-hybridized carbons (Fsp3) is 0.250. The second-order valence-corrected chi connectivity index (χ2v) is 6.15. The monoisotopic (exact) mass is 386 g/mol. The van der Waals surface area contributed by atoms with Crippen LogP contribution in [0.1, 0.15) is 24.5 Å². The number of aryl methyl sites for hydroxylation is 1. The van der Waals surface area contributed by atoms with Crippen molar-refractivity contribution in [1.29, 1.82) is 5.26 Å². The Morgan fingerprint density at radius 3 is 2.67 bits per heavy atom. The summed E-state index contributed by atoms with van der Waals surface area (Å²) < 4.78 is 10.4. The molecule has 0 aliphatic heterocycles. The van der Waals surface area contributed by atoms with Gasteiger partial charge in [0.15, 0.2) is 6.10 Å². The largest absolute Gasteiger partial charge is 0.496 e. The third-order valence-electron chi connectivity index (χ3n) is 3.83. The highest BCUT2D eigenvalue weighted by atomic mass is 35.5. The Morgan fingerprint density at radius 2 is 2.00 bits per heavy atom. The zero-order chi connectivity index (χ0) is 19.8. The number of ether oxygens (including phenoxy) is 2. The summed E-state index contributed by atoms with van der Waals surface area (Å²) in [5, 5.41) is 11.7. The van der Waals surface area contributed by atoms with E-state index in [9.17, 15) is 9.59 Å². The third kappa shape index (κ3) is 5.73. The van der Waals surface area contributed by atoms with Crippen LogP contribution in [-0.2, 0) is 20.7 Å². The van der Waals surface area contributed by atoms with E-state index < -0.39 is 18.0 Å². The van der Waals surface area contributed by atoms with E-state index >= 15 is 0 Å². The first kappa shape index (κ1) is 20.3. The number of para-hydroxylation sites is 1. The molecule has 0 aliphatic carbocycles. The van der Waals surface area contributed by atoms with Gasteiger partial charge in [0, 0.05) is 12.1 Å². The molecule has 0 heterocycles. The van der Waals surface area contributed by atoms with Gasteiger partial charge in [-0.05, 0) is 43.2 Å². The van der Waals surface area contributed by atoms with E-state index in [0.717, 1.165) is 5.56 Å². The van der Waals surface area contributed by atoms with Crippen LogP contribution in [0.4, 0.5) is 5.69 Å². The van der Waals surface area contributed by atoms with E-state index in [1.807, 2.05) is 30.3 Å². The molecule has 0 radical (unpaired) electrons. The number of methoxy groups -OCH3 is 1. The first-order chi connectivity index (χ1) is 12.9. The minimum Gasteiger partial charge on any atom is -0.496 e. The highest BCUT2D eigenvalue weighted by molar-refractivity contribution is 6.32. The van der Waals surface area contributed by atoms with Gasteiger partial charge in [-0.1, -0.05) is 29.8 Å². The Kier molecular flexibility index (Phi) is 7.21. The molecule has 140 valence electrons. The summed E-state index contributed by atoms with van der Waals surface area (Å²) in [4.78, 5) is 24.2. The van der Waals surface area contributed by atoms with Crippen molar-refractivity contribution >= 4 is 29.2 Å². The summed E-state index contributed by atoms with van der Waals surface area (Å²) in [5.41, 5.74) is 1.62. The Bertz CT molecular complexity index is 877. The number of anilines is 1. The molecule has 0 aliphatic rings. The van der Waals surface area contributed by atoms with Crippen LogP contribution >= 0.6 is 11.6 Å². The van der Waals surface area contributed by atoms with E-state index in [4.69, 9.17) is 26.3 Å². The predicted molar refractivity (Wildman–Crippen MR) is 102 cm³/mol. The summed E-state index contributed by atoms with van der Waals surface area (Å²) in [6.07, 6.45) is -0.395. The molecule has 1 N–H and O–H groups in total. The highest BCUT2D eigenvalue weighted by Gasteiger charge is 2.18. The Morgan fingerprint density at radius 1 is 1.26 bits per heavy atom. The van der Waals surface area contributed by atoms with E-state index in [1.165, 1.54) is 19.1 Å². The second-order valence-electron chi connectivity index (χ2n) is 5.74. The van der Waals surface area contributed by atoms with Crippen molar-refractivity contribution in [3.63, 3.8) is 0 Å². The van der Waals surface area contributed by atoms with Crippen LogP contribution in [0, 0.1) is 11.3 Å². The standard InChI is InChI=1S/C20H19ClN2O4/c1-13(20(25)23-16-9-7-15(12-22)17(21)11-16)27-19(24)10-8-14-5-3-4-6-18(14)26-2/h3-7,9,11,13H,8,10H2,1-2H3,(H,23,25)/t13-/m1/s1. The molecule has 0 saturated carbocycles. The lowest BCUT2D eigenvalue weighted by atomic mass is 10.1. The molecule has 0 saturated heterocycles. The van der Waals surface area contributed by atoms with Gasteiger partial charge in [-0.2, -0.15) is 5.26 Å². The average Bonchev–Trinajstić information content (AvgIpc) is 2.66. The van der Waals surface area contributed by atoms with Crippen molar-refractivity contribution < 1.29 is 19.1 Å². The van der Waals surface area contributed by atoms with Gasteiger partial charge in [0.1, 0.15) is 11.8 Å². The number of carbonyl (C=O) groups excluding carboxylic acids is 2. The Hall–Kier alpha value is -3.04. The van der Waals surface area contributed by atoms with Gasteiger partial charge in [-0.25, -0.2) is 0 Å². The number of nitrogens with zero attached hydrogens (tertiary/aromatic N) is 1. The lowest BCUT2D eigenvalue weighted by Gasteiger charge is -2.14. The number of carbonyl (C=O) groups is 2. The second kappa shape index (κ2) is 9.60. The van der Waals surface area contributed by atoms with Crippen molar-refractivity contribution in [2.45, 2.75) is 25.9 Å². The summed E-state index contributed by atoms with van der Waals surface area (Å²) in [5.74, 6) is -0.267. The maximum atomic E-state index is 12.2. The topological polar surface area (TPSA) is 88.4 Å². The minimum absolute atomic E-state index is 0.126. The van der Waals surface area contributed by atoms with Gasteiger partial charge in [0.25, 0.3) is 5.91 Å². The number of benzene rings is 2. The van der Waals surface area contributed by atoms with Crippen LogP contribution in [0.25, 0.3) is 0 Å². The van der Waals surface area contributed by atoms with E-state index in [0.29, 0.717) is 23.4 Å². The number of nitriles is 1. The first-order valence-electron chi connectivity index (χ1n) is 8.26. The Balaban J connectivity index is 1.87. The molecule has 6 nitrogen and oxygen atoms in total. The van der Waals surface area contributed by atoms with E-state index in [1.54, 1.807) is 13.2 Å². The van der Waals surface area contributed by atoms with Gasteiger partial charge in [0.2, 0.25) is 0 Å². The molecule has 0 spiro atoms. The molecule has 1 amide bonds. The number of halogens is 1. The number of rotatable bonds is 7. The van der Waals surface area contributed by atoms with Crippen LogP contribution in [-0.4, -0.2) is 25.1 Å². The molecular formula is C20H19ClN2O4. The van der Waals surface area contributed by atoms with Crippen molar-refractivity contribution in [3.8, 4) is 11.8 Å². The van der Waals surface area contributed by atoms with Gasteiger partial charge < -0.3 is 14.8 Å². The molecule has 0 aromatic heterocycles.